The molecular weight excluding hydrogens is 409 g/mol. The quantitative estimate of drug-likeness (QED) is 0.559. The third kappa shape index (κ3) is 5.07. The van der Waals surface area contributed by atoms with Crippen molar-refractivity contribution < 1.29 is 22.9 Å². The van der Waals surface area contributed by atoms with Crippen molar-refractivity contribution in [1.82, 2.24) is 10.0 Å². The predicted molar refractivity (Wildman–Crippen MR) is 114 cm³/mol. The summed E-state index contributed by atoms with van der Waals surface area (Å²) in [5, 5.41) is 3.08. The van der Waals surface area contributed by atoms with Gasteiger partial charge < -0.3 is 10.1 Å². The Bertz CT molecular complexity index is 883. The van der Waals surface area contributed by atoms with Crippen molar-refractivity contribution >= 4 is 34.3 Å². The number of hydrogen-bond acceptors (Lipinski definition) is 5. The third-order valence-corrected chi connectivity index (χ3v) is 6.36. The maximum absolute atomic E-state index is 15.2. The predicted octanol–water partition coefficient (Wildman–Crippen LogP) is 2.70. The Morgan fingerprint density at radius 2 is 2.03 bits per heavy atom. The van der Waals surface area contributed by atoms with Crippen molar-refractivity contribution in [2.45, 2.75) is 40.0 Å². The van der Waals surface area contributed by atoms with E-state index in [0.717, 1.165) is 15.8 Å². The molecule has 164 valence electrons. The van der Waals surface area contributed by atoms with E-state index < -0.39 is 34.8 Å². The standard InChI is InChI=1S/C16H18FN3O4S.C5H10/c1-9(2)16(22)24-12-4-3-11(10-5-6-18-7-10)14(17)15(12)20-8-13(21)19-25(20)23;1-5-3-2-4-5/h3-5,9,18H,6-8H2,1-2H3,(H,19,21);5H,2-4H2,1H3. The first kappa shape index (κ1) is 22.4. The van der Waals surface area contributed by atoms with Gasteiger partial charge in [-0.25, -0.2) is 8.60 Å². The van der Waals surface area contributed by atoms with Gasteiger partial charge in [-0.15, -0.1) is 0 Å². The number of anilines is 1. The molecule has 1 atom stereocenters. The van der Waals surface area contributed by atoms with Gasteiger partial charge in [0.2, 0.25) is 11.2 Å². The molecule has 0 aromatic heterocycles. The second kappa shape index (κ2) is 9.70. The van der Waals surface area contributed by atoms with Crippen molar-refractivity contribution in [3.05, 3.63) is 29.6 Å². The van der Waals surface area contributed by atoms with Crippen LogP contribution in [0.15, 0.2) is 18.2 Å². The summed E-state index contributed by atoms with van der Waals surface area (Å²) in [7, 11) is 0. The number of esters is 1. The summed E-state index contributed by atoms with van der Waals surface area (Å²) in [6.45, 7) is 6.47. The molecule has 1 aliphatic carbocycles. The van der Waals surface area contributed by atoms with Crippen molar-refractivity contribution in [2.75, 3.05) is 23.9 Å². The smallest absolute Gasteiger partial charge is 0.313 e. The molecule has 30 heavy (non-hydrogen) atoms. The second-order valence-corrected chi connectivity index (χ2v) is 9.20. The van der Waals surface area contributed by atoms with Gasteiger partial charge in [0.1, 0.15) is 12.2 Å². The number of hydrogen-bond donors (Lipinski definition) is 2. The largest absolute Gasteiger partial charge is 0.424 e. The van der Waals surface area contributed by atoms with E-state index in [9.17, 15) is 13.8 Å². The molecule has 2 N–H and O–H groups in total. The van der Waals surface area contributed by atoms with Crippen LogP contribution in [0.5, 0.6) is 5.75 Å². The molecule has 3 aliphatic rings. The highest BCUT2D eigenvalue weighted by Gasteiger charge is 2.34. The molecule has 0 bridgehead atoms. The molecule has 1 saturated heterocycles. The summed E-state index contributed by atoms with van der Waals surface area (Å²) < 4.78 is 35.9. The number of carbonyl (C=O) groups is 2. The van der Waals surface area contributed by atoms with Crippen LogP contribution in [0.4, 0.5) is 10.1 Å². The summed E-state index contributed by atoms with van der Waals surface area (Å²) in [4.78, 5) is 23.5. The van der Waals surface area contributed by atoms with Gasteiger partial charge in [0.25, 0.3) is 5.91 Å². The van der Waals surface area contributed by atoms with Crippen molar-refractivity contribution in [1.29, 1.82) is 0 Å². The summed E-state index contributed by atoms with van der Waals surface area (Å²) >= 11 is -1.93. The van der Waals surface area contributed by atoms with Gasteiger partial charge in [-0.2, -0.15) is 0 Å². The van der Waals surface area contributed by atoms with Crippen LogP contribution >= 0.6 is 0 Å². The third-order valence-electron chi connectivity index (χ3n) is 5.25. The number of amides is 1. The molecule has 7 nitrogen and oxygen atoms in total. The fourth-order valence-corrected chi connectivity index (χ4v) is 4.10. The molecule has 1 amide bonds. The monoisotopic (exact) mass is 437 g/mol. The Hall–Kier alpha value is -2.26. The maximum atomic E-state index is 15.2. The van der Waals surface area contributed by atoms with Gasteiger partial charge in [-0.1, -0.05) is 46.1 Å². The maximum Gasteiger partial charge on any atom is 0.313 e. The molecule has 1 aromatic rings. The van der Waals surface area contributed by atoms with Crippen LogP contribution in [-0.2, 0) is 20.8 Å². The first-order chi connectivity index (χ1) is 14.3. The minimum absolute atomic E-state index is 0.0589. The Kier molecular flexibility index (Phi) is 7.25. The van der Waals surface area contributed by atoms with E-state index >= 15 is 4.39 Å². The van der Waals surface area contributed by atoms with Crippen molar-refractivity contribution in [3.63, 3.8) is 0 Å². The minimum atomic E-state index is -1.93. The normalized spacial score (nSPS) is 21.0. The average molecular weight is 438 g/mol. The van der Waals surface area contributed by atoms with Crippen LogP contribution in [0.3, 0.4) is 0 Å². The van der Waals surface area contributed by atoms with E-state index in [2.05, 4.69) is 17.0 Å². The van der Waals surface area contributed by atoms with E-state index in [0.29, 0.717) is 18.7 Å². The van der Waals surface area contributed by atoms with Gasteiger partial charge >= 0.3 is 5.97 Å². The number of benzene rings is 1. The van der Waals surface area contributed by atoms with Crippen LogP contribution in [0.2, 0.25) is 0 Å². The van der Waals surface area contributed by atoms with Crippen LogP contribution in [0.25, 0.3) is 5.57 Å². The Balaban J connectivity index is 0.000000448. The highest BCUT2D eigenvalue weighted by molar-refractivity contribution is 7.85. The molecular formula is C21H28FN3O4S. The fourth-order valence-electron chi connectivity index (χ4n) is 3.16. The highest BCUT2D eigenvalue weighted by Crippen LogP contribution is 2.38. The lowest BCUT2D eigenvalue weighted by atomic mass is 9.88. The first-order valence-corrected chi connectivity index (χ1v) is 11.3. The van der Waals surface area contributed by atoms with Gasteiger partial charge in [0.05, 0.1) is 5.92 Å². The Morgan fingerprint density at radius 1 is 1.33 bits per heavy atom. The minimum Gasteiger partial charge on any atom is -0.424 e. The molecule has 0 spiro atoms. The van der Waals surface area contributed by atoms with Gasteiger partial charge in [0.15, 0.2) is 11.6 Å². The SMILES string of the molecule is CC(C)C(=O)Oc1ccc(C2=CCNC2)c(F)c1N1CC(=O)NS1=O.CC1CCC1. The van der Waals surface area contributed by atoms with E-state index in [-0.39, 0.29) is 18.0 Å². The Morgan fingerprint density at radius 3 is 2.50 bits per heavy atom. The number of halogens is 1. The lowest BCUT2D eigenvalue weighted by molar-refractivity contribution is -0.137. The van der Waals surface area contributed by atoms with Crippen LogP contribution in [0.1, 0.15) is 45.6 Å². The van der Waals surface area contributed by atoms with E-state index in [1.54, 1.807) is 13.8 Å². The van der Waals surface area contributed by atoms with E-state index in [1.165, 1.54) is 31.4 Å². The molecule has 0 radical (unpaired) electrons. The summed E-state index contributed by atoms with van der Waals surface area (Å²) in [6.07, 6.45) is 6.31. The fraction of sp³-hybridized carbons (Fsp3) is 0.524. The van der Waals surface area contributed by atoms with Crippen LogP contribution in [-0.4, -0.2) is 35.7 Å². The van der Waals surface area contributed by atoms with E-state index in [1.807, 2.05) is 6.08 Å². The zero-order valence-corrected chi connectivity index (χ0v) is 18.3. The second-order valence-electron chi connectivity index (χ2n) is 8.06. The average Bonchev–Trinajstić information content (AvgIpc) is 3.30. The topological polar surface area (TPSA) is 87.7 Å². The molecule has 1 aromatic carbocycles. The summed E-state index contributed by atoms with van der Waals surface area (Å²) in [5.41, 5.74) is 0.918. The first-order valence-electron chi connectivity index (χ1n) is 10.2. The Labute approximate surface area is 178 Å². The van der Waals surface area contributed by atoms with Crippen LogP contribution in [0, 0.1) is 17.7 Å². The molecule has 2 heterocycles. The zero-order valence-electron chi connectivity index (χ0n) is 17.5. The van der Waals surface area contributed by atoms with Crippen molar-refractivity contribution in [2.24, 2.45) is 11.8 Å². The van der Waals surface area contributed by atoms with E-state index in [4.69, 9.17) is 4.74 Å². The summed E-state index contributed by atoms with van der Waals surface area (Å²) in [5.74, 6) is -1.12. The number of ether oxygens (including phenoxy) is 1. The lowest BCUT2D eigenvalue weighted by Gasteiger charge is -2.20. The van der Waals surface area contributed by atoms with Gasteiger partial charge in [0, 0.05) is 18.7 Å². The molecule has 2 aliphatic heterocycles. The van der Waals surface area contributed by atoms with Crippen LogP contribution < -0.4 is 19.1 Å². The molecule has 2 fully saturated rings. The number of carbonyl (C=O) groups excluding carboxylic acids is 2. The molecule has 1 saturated carbocycles. The highest BCUT2D eigenvalue weighted by atomic mass is 32.2. The number of nitrogens with one attached hydrogen (secondary N) is 2. The number of rotatable bonds is 4. The van der Waals surface area contributed by atoms with Gasteiger partial charge in [-0.05, 0) is 23.6 Å². The summed E-state index contributed by atoms with van der Waals surface area (Å²) in [6, 6.07) is 2.99. The lowest BCUT2D eigenvalue weighted by Crippen LogP contribution is -2.26. The molecule has 9 heteroatoms. The number of nitrogens with zero attached hydrogens (tertiary/aromatic N) is 1. The molecule has 1 unspecified atom stereocenters. The van der Waals surface area contributed by atoms with Gasteiger partial charge in [-0.3, -0.25) is 18.6 Å². The van der Waals surface area contributed by atoms with Crippen molar-refractivity contribution in [3.8, 4) is 5.75 Å². The zero-order chi connectivity index (χ0) is 21.8. The molecule has 4 rings (SSSR count).